The van der Waals surface area contributed by atoms with Gasteiger partial charge in [0.15, 0.2) is 0 Å². The van der Waals surface area contributed by atoms with Crippen LogP contribution in [0, 0.1) is 0 Å². The first-order valence-corrected chi connectivity index (χ1v) is 5.22. The van der Waals surface area contributed by atoms with Gasteiger partial charge in [0.05, 0.1) is 5.56 Å². The molecule has 0 radical (unpaired) electrons. The Morgan fingerprint density at radius 2 is 2.18 bits per heavy atom. The maximum atomic E-state index is 12.7. The lowest BCUT2D eigenvalue weighted by atomic mass is 9.99. The molecule has 0 saturated heterocycles. The third kappa shape index (κ3) is 3.98. The third-order valence-corrected chi connectivity index (χ3v) is 2.42. The van der Waals surface area contributed by atoms with Gasteiger partial charge in [0.1, 0.15) is 0 Å². The topological polar surface area (TPSA) is 48.1 Å². The first-order valence-electron chi connectivity index (χ1n) is 5.22. The predicted molar refractivity (Wildman–Crippen MR) is 57.3 cm³/mol. The van der Waals surface area contributed by atoms with Gasteiger partial charge in [-0.05, 0) is 24.5 Å². The lowest BCUT2D eigenvalue weighted by Crippen LogP contribution is -2.18. The van der Waals surface area contributed by atoms with E-state index in [1.54, 1.807) is 0 Å². The monoisotopic (exact) mass is 248 g/mol. The minimum atomic E-state index is -4.39. The van der Waals surface area contributed by atoms with Gasteiger partial charge < -0.3 is 10.5 Å². The van der Waals surface area contributed by atoms with Crippen LogP contribution in [0.4, 0.5) is 13.2 Å². The molecule has 1 aromatic heterocycles. The van der Waals surface area contributed by atoms with Crippen LogP contribution in [-0.4, -0.2) is 18.7 Å². The van der Waals surface area contributed by atoms with Crippen molar-refractivity contribution in [1.82, 2.24) is 4.98 Å². The third-order valence-electron chi connectivity index (χ3n) is 2.42. The number of rotatable bonds is 5. The van der Waals surface area contributed by atoms with Crippen LogP contribution < -0.4 is 5.73 Å². The second-order valence-electron chi connectivity index (χ2n) is 3.70. The number of nitrogens with two attached hydrogens (primary N) is 1. The van der Waals surface area contributed by atoms with Crippen LogP contribution in [0.1, 0.15) is 30.0 Å². The van der Waals surface area contributed by atoms with E-state index in [1.165, 1.54) is 13.3 Å². The molecule has 1 unspecified atom stereocenters. The molecule has 1 atom stereocenters. The zero-order chi connectivity index (χ0) is 12.9. The van der Waals surface area contributed by atoms with Gasteiger partial charge in [-0.2, -0.15) is 13.2 Å². The molecule has 17 heavy (non-hydrogen) atoms. The van der Waals surface area contributed by atoms with Gasteiger partial charge >= 0.3 is 6.18 Å². The Kier molecular flexibility index (Phi) is 4.89. The van der Waals surface area contributed by atoms with E-state index in [4.69, 9.17) is 10.5 Å². The largest absolute Gasteiger partial charge is 0.416 e. The molecule has 1 aromatic rings. The van der Waals surface area contributed by atoms with Crippen LogP contribution in [0.5, 0.6) is 0 Å². The lowest BCUT2D eigenvalue weighted by molar-refractivity contribution is -0.138. The SMILES string of the molecule is COCCCC(N)c1cnccc1C(F)(F)F. The van der Waals surface area contributed by atoms with Crippen LogP contribution >= 0.6 is 0 Å². The number of methoxy groups -OCH3 is 1. The molecule has 0 aliphatic carbocycles. The van der Waals surface area contributed by atoms with Crippen molar-refractivity contribution in [3.8, 4) is 0 Å². The molecule has 1 rings (SSSR count). The average molecular weight is 248 g/mol. The van der Waals surface area contributed by atoms with E-state index < -0.39 is 17.8 Å². The molecule has 0 aliphatic rings. The van der Waals surface area contributed by atoms with Gasteiger partial charge in [0, 0.05) is 32.2 Å². The highest BCUT2D eigenvalue weighted by atomic mass is 19.4. The number of pyridine rings is 1. The van der Waals surface area contributed by atoms with Crippen molar-refractivity contribution >= 4 is 0 Å². The number of hydrogen-bond donors (Lipinski definition) is 1. The van der Waals surface area contributed by atoms with E-state index in [0.717, 1.165) is 12.3 Å². The summed E-state index contributed by atoms with van der Waals surface area (Å²) in [5.41, 5.74) is 5.07. The highest BCUT2D eigenvalue weighted by Crippen LogP contribution is 2.34. The van der Waals surface area contributed by atoms with Gasteiger partial charge in [-0.25, -0.2) is 0 Å². The number of alkyl halides is 3. The summed E-state index contributed by atoms with van der Waals surface area (Å²) in [5.74, 6) is 0. The standard InChI is InChI=1S/C11H15F3N2O/c1-17-6-2-3-10(15)8-7-16-5-4-9(8)11(12,13)14/h4-5,7,10H,2-3,6,15H2,1H3. The maximum absolute atomic E-state index is 12.7. The molecular formula is C11H15F3N2O. The quantitative estimate of drug-likeness (QED) is 0.814. The molecule has 2 N–H and O–H groups in total. The summed E-state index contributed by atoms with van der Waals surface area (Å²) in [7, 11) is 1.54. The molecule has 0 aliphatic heterocycles. The van der Waals surface area contributed by atoms with Gasteiger partial charge in [0.25, 0.3) is 0 Å². The molecule has 0 aromatic carbocycles. The zero-order valence-electron chi connectivity index (χ0n) is 9.50. The molecule has 0 spiro atoms. The fourth-order valence-corrected chi connectivity index (χ4v) is 1.56. The first-order chi connectivity index (χ1) is 7.96. The minimum absolute atomic E-state index is 0.0381. The van der Waals surface area contributed by atoms with Crippen molar-refractivity contribution in [1.29, 1.82) is 0 Å². The number of nitrogens with zero attached hydrogens (tertiary/aromatic N) is 1. The van der Waals surface area contributed by atoms with Crippen LogP contribution in [0.3, 0.4) is 0 Å². The fraction of sp³-hybridized carbons (Fsp3) is 0.545. The summed E-state index contributed by atoms with van der Waals surface area (Å²) in [5, 5.41) is 0. The predicted octanol–water partition coefficient (Wildman–Crippen LogP) is 2.53. The molecule has 1 heterocycles. The molecule has 0 saturated carbocycles. The van der Waals surface area contributed by atoms with Crippen molar-refractivity contribution in [2.75, 3.05) is 13.7 Å². The van der Waals surface area contributed by atoms with Crippen molar-refractivity contribution < 1.29 is 17.9 Å². The summed E-state index contributed by atoms with van der Waals surface area (Å²) in [6.45, 7) is 0.481. The molecule has 0 bridgehead atoms. The molecule has 96 valence electrons. The fourth-order valence-electron chi connectivity index (χ4n) is 1.56. The Bertz CT molecular complexity index is 355. The summed E-state index contributed by atoms with van der Waals surface area (Å²) < 4.78 is 42.9. The molecular weight excluding hydrogens is 233 g/mol. The van der Waals surface area contributed by atoms with Crippen LogP contribution in [0.2, 0.25) is 0 Å². The van der Waals surface area contributed by atoms with Crippen molar-refractivity contribution in [2.45, 2.75) is 25.1 Å². The van der Waals surface area contributed by atoms with Gasteiger partial charge in [-0.3, -0.25) is 4.98 Å². The van der Waals surface area contributed by atoms with E-state index >= 15 is 0 Å². The van der Waals surface area contributed by atoms with E-state index in [0.29, 0.717) is 19.4 Å². The highest BCUT2D eigenvalue weighted by Gasteiger charge is 2.34. The summed E-state index contributed by atoms with van der Waals surface area (Å²) >= 11 is 0. The lowest BCUT2D eigenvalue weighted by Gasteiger charge is -2.17. The Labute approximate surface area is 97.8 Å². The summed E-state index contributed by atoms with van der Waals surface area (Å²) in [6.07, 6.45) is -1.04. The molecule has 0 fully saturated rings. The maximum Gasteiger partial charge on any atom is 0.416 e. The van der Waals surface area contributed by atoms with Gasteiger partial charge in [-0.1, -0.05) is 0 Å². The number of halogens is 3. The van der Waals surface area contributed by atoms with E-state index in [1.807, 2.05) is 0 Å². The zero-order valence-corrected chi connectivity index (χ0v) is 9.50. The molecule has 6 heteroatoms. The highest BCUT2D eigenvalue weighted by molar-refractivity contribution is 5.28. The van der Waals surface area contributed by atoms with Crippen LogP contribution in [-0.2, 0) is 10.9 Å². The van der Waals surface area contributed by atoms with E-state index in [-0.39, 0.29) is 5.56 Å². The Morgan fingerprint density at radius 1 is 1.47 bits per heavy atom. The van der Waals surface area contributed by atoms with Crippen molar-refractivity contribution in [3.05, 3.63) is 29.6 Å². The van der Waals surface area contributed by atoms with Crippen LogP contribution in [0.15, 0.2) is 18.5 Å². The van der Waals surface area contributed by atoms with E-state index in [2.05, 4.69) is 4.98 Å². The summed E-state index contributed by atoms with van der Waals surface area (Å²) in [6, 6.07) is 0.279. The molecule has 0 amide bonds. The number of aromatic nitrogens is 1. The van der Waals surface area contributed by atoms with Gasteiger partial charge in [-0.15, -0.1) is 0 Å². The first kappa shape index (κ1) is 13.9. The molecule has 3 nitrogen and oxygen atoms in total. The smallest absolute Gasteiger partial charge is 0.385 e. The Morgan fingerprint density at radius 3 is 2.76 bits per heavy atom. The number of ether oxygens (including phenoxy) is 1. The van der Waals surface area contributed by atoms with Crippen molar-refractivity contribution in [3.63, 3.8) is 0 Å². The summed E-state index contributed by atoms with van der Waals surface area (Å²) in [4.78, 5) is 3.70. The Hall–Kier alpha value is -1.14. The average Bonchev–Trinajstić information content (AvgIpc) is 2.28. The van der Waals surface area contributed by atoms with Crippen LogP contribution in [0.25, 0.3) is 0 Å². The second-order valence-corrected chi connectivity index (χ2v) is 3.70. The Balaban J connectivity index is 2.82. The van der Waals surface area contributed by atoms with Gasteiger partial charge in [0.2, 0.25) is 0 Å². The van der Waals surface area contributed by atoms with Crippen molar-refractivity contribution in [2.24, 2.45) is 5.73 Å². The minimum Gasteiger partial charge on any atom is -0.385 e. The normalized spacial score (nSPS) is 13.7. The second kappa shape index (κ2) is 5.97. The van der Waals surface area contributed by atoms with E-state index in [9.17, 15) is 13.2 Å². The number of hydrogen-bond acceptors (Lipinski definition) is 3.